The second-order valence-corrected chi connectivity index (χ2v) is 12.3. The summed E-state index contributed by atoms with van der Waals surface area (Å²) in [5, 5.41) is 0.760. The van der Waals surface area contributed by atoms with Crippen LogP contribution < -0.4 is 10.4 Å². The molecule has 1 aromatic heterocycles. The van der Waals surface area contributed by atoms with Gasteiger partial charge in [-0.15, -0.1) is 0 Å². The van der Waals surface area contributed by atoms with E-state index in [0.717, 1.165) is 22.7 Å². The molecule has 3 heterocycles. The third-order valence-corrected chi connectivity index (χ3v) is 8.04. The van der Waals surface area contributed by atoms with Gasteiger partial charge in [-0.3, -0.25) is 0 Å². The van der Waals surface area contributed by atoms with E-state index in [2.05, 4.69) is 9.88 Å². The molecule has 0 spiro atoms. The van der Waals surface area contributed by atoms with Gasteiger partial charge in [0.1, 0.15) is 16.9 Å². The van der Waals surface area contributed by atoms with Crippen LogP contribution in [0.25, 0.3) is 10.2 Å². The summed E-state index contributed by atoms with van der Waals surface area (Å²) in [6.07, 6.45) is 1.33. The second-order valence-electron chi connectivity index (χ2n) is 11.2. The van der Waals surface area contributed by atoms with Crippen molar-refractivity contribution in [2.24, 2.45) is 0 Å². The fourth-order valence-electron chi connectivity index (χ4n) is 4.18. The molecular formula is C24H35BFN3O4S. The Morgan fingerprint density at radius 3 is 2.35 bits per heavy atom. The van der Waals surface area contributed by atoms with Gasteiger partial charge in [0.15, 0.2) is 5.13 Å². The van der Waals surface area contributed by atoms with Crippen LogP contribution in [0.15, 0.2) is 12.1 Å². The molecule has 1 aromatic carbocycles. The van der Waals surface area contributed by atoms with E-state index in [9.17, 15) is 4.79 Å². The van der Waals surface area contributed by atoms with Crippen LogP contribution in [0.5, 0.6) is 0 Å². The normalized spacial score (nSPS) is 20.7. The number of aromatic nitrogens is 1. The first kappa shape index (κ1) is 25.2. The minimum Gasteiger partial charge on any atom is -0.444 e. The number of halogens is 1. The summed E-state index contributed by atoms with van der Waals surface area (Å²) in [6.45, 7) is 14.8. The third kappa shape index (κ3) is 4.90. The lowest BCUT2D eigenvalue weighted by atomic mass is 9.79. The summed E-state index contributed by atoms with van der Waals surface area (Å²) < 4.78 is 33.5. The van der Waals surface area contributed by atoms with Crippen molar-refractivity contribution in [3.05, 3.63) is 17.9 Å². The van der Waals surface area contributed by atoms with Crippen LogP contribution in [0.3, 0.4) is 0 Å². The number of carbonyl (C=O) groups excluding carboxylic acids is 1. The fourth-order valence-corrected chi connectivity index (χ4v) is 5.24. The number of benzene rings is 1. The van der Waals surface area contributed by atoms with Gasteiger partial charge in [0.2, 0.25) is 0 Å². The first-order chi connectivity index (χ1) is 15.7. The van der Waals surface area contributed by atoms with E-state index in [1.54, 1.807) is 4.90 Å². The number of carbonyl (C=O) groups is 1. The van der Waals surface area contributed by atoms with Gasteiger partial charge in [-0.2, -0.15) is 0 Å². The van der Waals surface area contributed by atoms with Gasteiger partial charge in [-0.1, -0.05) is 11.3 Å². The molecule has 0 bridgehead atoms. The SMILES string of the molecule is CN(c1nc2c(F)cc(B3OC(C)(C)C(C)(C)O3)cc2s1)C1CCN(C(=O)OC(C)(C)C)CC1. The van der Waals surface area contributed by atoms with Crippen molar-refractivity contribution in [3.8, 4) is 0 Å². The van der Waals surface area contributed by atoms with E-state index < -0.39 is 23.9 Å². The molecule has 7 nitrogen and oxygen atoms in total. The van der Waals surface area contributed by atoms with E-state index >= 15 is 4.39 Å². The largest absolute Gasteiger partial charge is 0.494 e. The van der Waals surface area contributed by atoms with Gasteiger partial charge in [0.25, 0.3) is 0 Å². The maximum atomic E-state index is 15.0. The average molecular weight is 491 g/mol. The molecule has 34 heavy (non-hydrogen) atoms. The third-order valence-electron chi connectivity index (χ3n) is 6.95. The lowest BCUT2D eigenvalue weighted by Crippen LogP contribution is -2.47. The Balaban J connectivity index is 1.47. The molecule has 2 saturated heterocycles. The highest BCUT2D eigenvalue weighted by Gasteiger charge is 2.52. The highest BCUT2D eigenvalue weighted by molar-refractivity contribution is 7.22. The predicted octanol–water partition coefficient (Wildman–Crippen LogP) is 4.57. The average Bonchev–Trinajstić information content (AvgIpc) is 3.24. The van der Waals surface area contributed by atoms with Crippen molar-refractivity contribution in [1.82, 2.24) is 9.88 Å². The van der Waals surface area contributed by atoms with E-state index in [1.807, 2.05) is 61.6 Å². The highest BCUT2D eigenvalue weighted by Crippen LogP contribution is 2.37. The molecule has 0 unspecified atom stereocenters. The molecule has 2 aliphatic rings. The molecular weight excluding hydrogens is 456 g/mol. The maximum absolute atomic E-state index is 15.0. The van der Waals surface area contributed by atoms with Crippen LogP contribution in [-0.4, -0.2) is 66.1 Å². The van der Waals surface area contributed by atoms with E-state index in [0.29, 0.717) is 24.1 Å². The molecule has 0 atom stereocenters. The van der Waals surface area contributed by atoms with E-state index in [4.69, 9.17) is 14.0 Å². The molecule has 0 radical (unpaired) electrons. The summed E-state index contributed by atoms with van der Waals surface area (Å²) in [6, 6.07) is 3.60. The van der Waals surface area contributed by atoms with Gasteiger partial charge < -0.3 is 23.8 Å². The number of hydrogen-bond donors (Lipinski definition) is 0. The number of anilines is 1. The number of thiazole rings is 1. The number of fused-ring (bicyclic) bond motifs is 1. The van der Waals surface area contributed by atoms with Gasteiger partial charge >= 0.3 is 13.2 Å². The van der Waals surface area contributed by atoms with Crippen molar-refractivity contribution < 1.29 is 23.2 Å². The molecule has 2 fully saturated rings. The number of likely N-dealkylation sites (tertiary alicyclic amines) is 1. The molecule has 1 amide bonds. The Bertz CT molecular complexity index is 1060. The number of amides is 1. The minimum atomic E-state index is -0.621. The van der Waals surface area contributed by atoms with E-state index in [1.165, 1.54) is 17.4 Å². The zero-order chi connectivity index (χ0) is 25.1. The van der Waals surface area contributed by atoms with Crippen molar-refractivity contribution in [1.29, 1.82) is 0 Å². The lowest BCUT2D eigenvalue weighted by Gasteiger charge is -2.37. The molecule has 10 heteroatoms. The quantitative estimate of drug-likeness (QED) is 0.587. The van der Waals surface area contributed by atoms with Gasteiger partial charge in [0, 0.05) is 26.2 Å². The Labute approximate surface area is 205 Å². The topological polar surface area (TPSA) is 64.1 Å². The summed E-state index contributed by atoms with van der Waals surface area (Å²) in [7, 11) is 1.36. The minimum absolute atomic E-state index is 0.213. The Morgan fingerprint density at radius 1 is 1.21 bits per heavy atom. The summed E-state index contributed by atoms with van der Waals surface area (Å²) in [5.74, 6) is -0.377. The predicted molar refractivity (Wildman–Crippen MR) is 135 cm³/mol. The van der Waals surface area contributed by atoms with E-state index in [-0.39, 0.29) is 18.0 Å². The number of rotatable bonds is 3. The molecule has 0 saturated carbocycles. The molecule has 2 aromatic rings. The standard InChI is InChI=1S/C24H35BFN3O4S/c1-22(2,3)31-21(30)29-11-9-16(10-12-29)28(8)20-27-19-17(26)13-15(14-18(19)34-20)25-32-23(4,5)24(6,7)33-25/h13-14,16H,9-12H2,1-8H3. The molecule has 4 rings (SSSR count). The number of ether oxygens (including phenoxy) is 1. The van der Waals surface area contributed by atoms with Crippen LogP contribution in [0.4, 0.5) is 14.3 Å². The van der Waals surface area contributed by atoms with Crippen LogP contribution in [-0.2, 0) is 14.0 Å². The van der Waals surface area contributed by atoms with Crippen molar-refractivity contribution in [2.45, 2.75) is 84.2 Å². The zero-order valence-corrected chi connectivity index (χ0v) is 22.2. The highest BCUT2D eigenvalue weighted by atomic mass is 32.1. The first-order valence-corrected chi connectivity index (χ1v) is 12.6. The zero-order valence-electron chi connectivity index (χ0n) is 21.4. The van der Waals surface area contributed by atoms with Crippen molar-refractivity contribution in [3.63, 3.8) is 0 Å². The van der Waals surface area contributed by atoms with Crippen LogP contribution >= 0.6 is 11.3 Å². The van der Waals surface area contributed by atoms with Crippen LogP contribution in [0, 0.1) is 5.82 Å². The second kappa shape index (κ2) is 8.64. The smallest absolute Gasteiger partial charge is 0.444 e. The monoisotopic (exact) mass is 491 g/mol. The van der Waals surface area contributed by atoms with Gasteiger partial charge in [0.05, 0.1) is 15.9 Å². The summed E-state index contributed by atoms with van der Waals surface area (Å²) in [4.78, 5) is 20.8. The summed E-state index contributed by atoms with van der Waals surface area (Å²) >= 11 is 1.46. The number of piperidine rings is 1. The van der Waals surface area contributed by atoms with Crippen molar-refractivity contribution in [2.75, 3.05) is 25.0 Å². The number of hydrogen-bond acceptors (Lipinski definition) is 7. The van der Waals surface area contributed by atoms with Crippen LogP contribution in [0.2, 0.25) is 0 Å². The molecule has 2 aliphatic heterocycles. The first-order valence-electron chi connectivity index (χ1n) is 11.8. The molecule has 186 valence electrons. The van der Waals surface area contributed by atoms with Crippen molar-refractivity contribution >= 4 is 45.4 Å². The molecule has 0 N–H and O–H groups in total. The van der Waals surface area contributed by atoms with Gasteiger partial charge in [-0.25, -0.2) is 14.2 Å². The van der Waals surface area contributed by atoms with Crippen LogP contribution in [0.1, 0.15) is 61.3 Å². The Hall–Kier alpha value is -1.91. The number of nitrogens with zero attached hydrogens (tertiary/aromatic N) is 3. The fraction of sp³-hybridized carbons (Fsp3) is 0.667. The maximum Gasteiger partial charge on any atom is 0.494 e. The summed E-state index contributed by atoms with van der Waals surface area (Å²) in [5.41, 5.74) is -0.466. The van der Waals surface area contributed by atoms with Gasteiger partial charge in [-0.05, 0) is 78.9 Å². The Kier molecular flexibility index (Phi) is 6.40. The lowest BCUT2D eigenvalue weighted by molar-refractivity contribution is 0.00578. The Morgan fingerprint density at radius 2 is 1.79 bits per heavy atom. The molecule has 0 aliphatic carbocycles.